The second-order valence-electron chi connectivity index (χ2n) is 4.57. The Labute approximate surface area is 92.2 Å². The van der Waals surface area contributed by atoms with E-state index in [9.17, 15) is 4.79 Å². The largest absolute Gasteiger partial charge is 0.335 e. The normalized spacial score (nSPS) is 18.3. The third-order valence-corrected chi connectivity index (χ3v) is 2.98. The van der Waals surface area contributed by atoms with Crippen LogP contribution < -0.4 is 11.1 Å². The molecule has 1 unspecified atom stereocenters. The topological polar surface area (TPSA) is 58.4 Å². The van der Waals surface area contributed by atoms with Crippen molar-refractivity contribution in [1.29, 1.82) is 0 Å². The fraction of sp³-hybridized carbons (Fsp3) is 0.909. The summed E-state index contributed by atoms with van der Waals surface area (Å²) in [5.41, 5.74) is 5.53. The lowest BCUT2D eigenvalue weighted by Crippen LogP contribution is -2.46. The molecule has 4 nitrogen and oxygen atoms in total. The van der Waals surface area contributed by atoms with Crippen LogP contribution in [0.15, 0.2) is 0 Å². The zero-order chi connectivity index (χ0) is 11.3. The number of hydrogen-bond donors (Lipinski definition) is 2. The highest BCUT2D eigenvalue weighted by atomic mass is 16.2. The Hall–Kier alpha value is -0.770. The lowest BCUT2D eigenvalue weighted by atomic mass is 10.0. The molecule has 0 bridgehead atoms. The van der Waals surface area contributed by atoms with Gasteiger partial charge in [-0.1, -0.05) is 13.8 Å². The first-order chi connectivity index (χ1) is 7.15. The first-order valence-electron chi connectivity index (χ1n) is 5.90. The van der Waals surface area contributed by atoms with Crippen LogP contribution in [0.4, 0.5) is 4.79 Å². The fourth-order valence-electron chi connectivity index (χ4n) is 1.92. The smallest absolute Gasteiger partial charge is 0.317 e. The molecule has 1 fully saturated rings. The van der Waals surface area contributed by atoms with Crippen molar-refractivity contribution in [2.24, 2.45) is 11.7 Å². The molecule has 1 atom stereocenters. The minimum Gasteiger partial charge on any atom is -0.335 e. The van der Waals surface area contributed by atoms with Gasteiger partial charge in [-0.25, -0.2) is 4.79 Å². The average molecular weight is 213 g/mol. The van der Waals surface area contributed by atoms with Crippen molar-refractivity contribution in [2.75, 3.05) is 19.6 Å². The van der Waals surface area contributed by atoms with E-state index in [4.69, 9.17) is 5.73 Å². The zero-order valence-corrected chi connectivity index (χ0v) is 9.83. The van der Waals surface area contributed by atoms with E-state index >= 15 is 0 Å². The predicted molar refractivity (Wildman–Crippen MR) is 61.6 cm³/mol. The summed E-state index contributed by atoms with van der Waals surface area (Å²) in [5.74, 6) is 0.445. The van der Waals surface area contributed by atoms with Gasteiger partial charge in [0.25, 0.3) is 0 Å². The van der Waals surface area contributed by atoms with E-state index in [1.807, 2.05) is 4.90 Å². The average Bonchev–Trinajstić information content (AvgIpc) is 2.69. The number of nitrogens with two attached hydrogens (primary N) is 1. The Morgan fingerprint density at radius 2 is 2.00 bits per heavy atom. The summed E-state index contributed by atoms with van der Waals surface area (Å²) >= 11 is 0. The lowest BCUT2D eigenvalue weighted by Gasteiger charge is -2.25. The summed E-state index contributed by atoms with van der Waals surface area (Å²) in [6, 6.07) is 0.294. The van der Waals surface area contributed by atoms with Crippen LogP contribution >= 0.6 is 0 Å². The van der Waals surface area contributed by atoms with Gasteiger partial charge in [-0.15, -0.1) is 0 Å². The predicted octanol–water partition coefficient (Wildman–Crippen LogP) is 1.17. The highest BCUT2D eigenvalue weighted by Crippen LogP contribution is 2.10. The van der Waals surface area contributed by atoms with E-state index < -0.39 is 0 Å². The van der Waals surface area contributed by atoms with E-state index in [0.717, 1.165) is 32.4 Å². The number of hydrogen-bond acceptors (Lipinski definition) is 2. The maximum Gasteiger partial charge on any atom is 0.317 e. The van der Waals surface area contributed by atoms with Crippen LogP contribution in [0.5, 0.6) is 0 Å². The molecule has 4 heteroatoms. The molecule has 0 aromatic rings. The number of urea groups is 1. The number of amides is 2. The van der Waals surface area contributed by atoms with Crippen LogP contribution in [0.2, 0.25) is 0 Å². The molecule has 1 heterocycles. The van der Waals surface area contributed by atoms with E-state index in [0.29, 0.717) is 12.5 Å². The molecule has 0 radical (unpaired) electrons. The Morgan fingerprint density at radius 3 is 2.47 bits per heavy atom. The maximum absolute atomic E-state index is 11.8. The van der Waals surface area contributed by atoms with Crippen LogP contribution in [0, 0.1) is 5.92 Å². The number of nitrogens with zero attached hydrogens (tertiary/aromatic N) is 1. The summed E-state index contributed by atoms with van der Waals surface area (Å²) in [6.45, 7) is 6.66. The Morgan fingerprint density at radius 1 is 1.40 bits per heavy atom. The molecule has 0 aliphatic carbocycles. The van der Waals surface area contributed by atoms with Crippen molar-refractivity contribution in [3.8, 4) is 0 Å². The molecule has 0 aromatic heterocycles. The van der Waals surface area contributed by atoms with E-state index in [-0.39, 0.29) is 12.1 Å². The van der Waals surface area contributed by atoms with Crippen molar-refractivity contribution in [2.45, 2.75) is 39.2 Å². The summed E-state index contributed by atoms with van der Waals surface area (Å²) in [5, 5.41) is 3.07. The minimum absolute atomic E-state index is 0.0830. The van der Waals surface area contributed by atoms with Gasteiger partial charge in [-0.2, -0.15) is 0 Å². The third kappa shape index (κ3) is 3.70. The minimum atomic E-state index is 0.0830. The van der Waals surface area contributed by atoms with Crippen molar-refractivity contribution in [1.82, 2.24) is 10.2 Å². The quantitative estimate of drug-likeness (QED) is 0.736. The SMILES string of the molecule is CC(C)C(CCN)NC(=O)N1CCCC1. The summed E-state index contributed by atoms with van der Waals surface area (Å²) in [4.78, 5) is 13.7. The van der Waals surface area contributed by atoms with Gasteiger partial charge in [-0.3, -0.25) is 0 Å². The molecular weight excluding hydrogens is 190 g/mol. The highest BCUT2D eigenvalue weighted by molar-refractivity contribution is 5.74. The molecule has 0 saturated carbocycles. The van der Waals surface area contributed by atoms with Crippen molar-refractivity contribution >= 4 is 6.03 Å². The fourth-order valence-corrected chi connectivity index (χ4v) is 1.92. The summed E-state index contributed by atoms with van der Waals surface area (Å²) < 4.78 is 0. The molecule has 1 aliphatic heterocycles. The van der Waals surface area contributed by atoms with Crippen LogP contribution in [0.1, 0.15) is 33.1 Å². The molecule has 15 heavy (non-hydrogen) atoms. The second-order valence-corrected chi connectivity index (χ2v) is 4.57. The molecule has 1 saturated heterocycles. The van der Waals surface area contributed by atoms with Gasteiger partial charge < -0.3 is 16.0 Å². The molecule has 0 aromatic carbocycles. The molecule has 88 valence electrons. The van der Waals surface area contributed by atoms with Gasteiger partial charge in [-0.05, 0) is 31.7 Å². The standard InChI is InChI=1S/C11H23N3O/c1-9(2)10(5-6-12)13-11(15)14-7-3-4-8-14/h9-10H,3-8,12H2,1-2H3,(H,13,15). The molecular formula is C11H23N3O. The molecule has 3 N–H and O–H groups in total. The first kappa shape index (κ1) is 12.3. The van der Waals surface area contributed by atoms with Crippen LogP contribution in [-0.2, 0) is 0 Å². The van der Waals surface area contributed by atoms with Gasteiger partial charge >= 0.3 is 6.03 Å². The molecule has 2 amide bonds. The number of nitrogens with one attached hydrogen (secondary N) is 1. The maximum atomic E-state index is 11.8. The Bertz CT molecular complexity index is 200. The monoisotopic (exact) mass is 213 g/mol. The van der Waals surface area contributed by atoms with Crippen molar-refractivity contribution in [3.05, 3.63) is 0 Å². The van der Waals surface area contributed by atoms with Crippen molar-refractivity contribution in [3.63, 3.8) is 0 Å². The van der Waals surface area contributed by atoms with E-state index in [1.54, 1.807) is 0 Å². The number of carbonyl (C=O) groups is 1. The zero-order valence-electron chi connectivity index (χ0n) is 9.83. The molecule has 1 aliphatic rings. The molecule has 1 rings (SSSR count). The van der Waals surface area contributed by atoms with Gasteiger partial charge in [0.05, 0.1) is 0 Å². The van der Waals surface area contributed by atoms with Crippen LogP contribution in [0.3, 0.4) is 0 Å². The van der Waals surface area contributed by atoms with E-state index in [1.165, 1.54) is 0 Å². The number of likely N-dealkylation sites (tertiary alicyclic amines) is 1. The summed E-state index contributed by atoms with van der Waals surface area (Å²) in [6.07, 6.45) is 3.13. The first-order valence-corrected chi connectivity index (χ1v) is 5.90. The van der Waals surface area contributed by atoms with Crippen LogP contribution in [0.25, 0.3) is 0 Å². The third-order valence-electron chi connectivity index (χ3n) is 2.98. The van der Waals surface area contributed by atoms with Gasteiger partial charge in [0.1, 0.15) is 0 Å². The van der Waals surface area contributed by atoms with E-state index in [2.05, 4.69) is 19.2 Å². The Balaban J connectivity index is 2.38. The second kappa shape index (κ2) is 5.95. The Kier molecular flexibility index (Phi) is 4.88. The highest BCUT2D eigenvalue weighted by Gasteiger charge is 2.21. The van der Waals surface area contributed by atoms with Gasteiger partial charge in [0.15, 0.2) is 0 Å². The number of rotatable bonds is 4. The molecule has 0 spiro atoms. The van der Waals surface area contributed by atoms with Gasteiger partial charge in [0, 0.05) is 19.1 Å². The van der Waals surface area contributed by atoms with Crippen LogP contribution in [-0.4, -0.2) is 36.6 Å². The van der Waals surface area contributed by atoms with Crippen molar-refractivity contribution < 1.29 is 4.79 Å². The summed E-state index contributed by atoms with van der Waals surface area (Å²) in [7, 11) is 0. The lowest BCUT2D eigenvalue weighted by molar-refractivity contribution is 0.199. The number of carbonyl (C=O) groups excluding carboxylic acids is 1. The van der Waals surface area contributed by atoms with Gasteiger partial charge in [0.2, 0.25) is 0 Å².